The maximum atomic E-state index is 12.4. The molecule has 2 rings (SSSR count). The van der Waals surface area contributed by atoms with E-state index in [0.717, 1.165) is 6.26 Å². The van der Waals surface area contributed by atoms with E-state index < -0.39 is 28.3 Å². The molecule has 1 aromatic heterocycles. The van der Waals surface area contributed by atoms with Crippen molar-refractivity contribution in [1.29, 1.82) is 5.26 Å². The predicted octanol–water partition coefficient (Wildman–Crippen LogP) is 2.09. The van der Waals surface area contributed by atoms with Crippen LogP contribution in [0.2, 0.25) is 0 Å². The van der Waals surface area contributed by atoms with E-state index in [9.17, 15) is 18.0 Å². The van der Waals surface area contributed by atoms with Gasteiger partial charge in [0.25, 0.3) is 5.91 Å². The molecule has 0 saturated carbocycles. The molecule has 9 heteroatoms. The number of amides is 1. The fourth-order valence-electron chi connectivity index (χ4n) is 2.42. The number of benzene rings is 1. The summed E-state index contributed by atoms with van der Waals surface area (Å²) in [6.07, 6.45) is 2.63. The monoisotopic (exact) mass is 404 g/mol. The van der Waals surface area contributed by atoms with Crippen LogP contribution in [-0.4, -0.2) is 44.6 Å². The Hall–Kier alpha value is -3.12. The molecule has 0 radical (unpaired) electrons. The molecule has 0 saturated heterocycles. The van der Waals surface area contributed by atoms with Crippen LogP contribution >= 0.6 is 0 Å². The van der Waals surface area contributed by atoms with Gasteiger partial charge in [-0.15, -0.1) is 0 Å². The summed E-state index contributed by atoms with van der Waals surface area (Å²) in [6, 6.07) is 9.47. The van der Waals surface area contributed by atoms with Gasteiger partial charge < -0.3 is 14.1 Å². The Bertz CT molecular complexity index is 990. The SMILES string of the molecule is Cc1ccc(S(C)(=O)=O)cc1C(=O)OCC(=O)N(CCC#N)Cc1ccco1. The number of furan rings is 1. The van der Waals surface area contributed by atoms with Crippen LogP contribution in [0.3, 0.4) is 0 Å². The van der Waals surface area contributed by atoms with Crippen molar-refractivity contribution in [3.05, 3.63) is 53.5 Å². The van der Waals surface area contributed by atoms with Gasteiger partial charge in [0.1, 0.15) is 5.76 Å². The van der Waals surface area contributed by atoms with Crippen molar-refractivity contribution in [2.75, 3.05) is 19.4 Å². The topological polar surface area (TPSA) is 118 Å². The van der Waals surface area contributed by atoms with Gasteiger partial charge >= 0.3 is 5.97 Å². The molecule has 0 N–H and O–H groups in total. The summed E-state index contributed by atoms with van der Waals surface area (Å²) in [7, 11) is -3.48. The zero-order chi connectivity index (χ0) is 20.7. The highest BCUT2D eigenvalue weighted by atomic mass is 32.2. The number of carbonyl (C=O) groups is 2. The molecule has 0 spiro atoms. The van der Waals surface area contributed by atoms with E-state index in [1.165, 1.54) is 29.4 Å². The second-order valence-electron chi connectivity index (χ2n) is 6.13. The number of hydrogen-bond acceptors (Lipinski definition) is 7. The van der Waals surface area contributed by atoms with Crippen LogP contribution in [0.4, 0.5) is 0 Å². The lowest BCUT2D eigenvalue weighted by Gasteiger charge is -2.20. The van der Waals surface area contributed by atoms with E-state index in [1.54, 1.807) is 19.1 Å². The largest absolute Gasteiger partial charge is 0.467 e. The van der Waals surface area contributed by atoms with Gasteiger partial charge in [-0.2, -0.15) is 5.26 Å². The maximum absolute atomic E-state index is 12.4. The second kappa shape index (κ2) is 9.19. The zero-order valence-corrected chi connectivity index (χ0v) is 16.4. The second-order valence-corrected chi connectivity index (χ2v) is 8.14. The maximum Gasteiger partial charge on any atom is 0.338 e. The molecule has 0 aliphatic heterocycles. The first-order chi connectivity index (χ1) is 13.2. The molecule has 1 heterocycles. The number of nitriles is 1. The van der Waals surface area contributed by atoms with Gasteiger partial charge in [0.15, 0.2) is 16.4 Å². The van der Waals surface area contributed by atoms with Gasteiger partial charge in [-0.3, -0.25) is 4.79 Å². The molecule has 0 aliphatic carbocycles. The minimum Gasteiger partial charge on any atom is -0.467 e. The Morgan fingerprint density at radius 1 is 1.29 bits per heavy atom. The molecule has 1 aromatic carbocycles. The number of esters is 1. The molecule has 0 atom stereocenters. The normalized spacial score (nSPS) is 10.9. The van der Waals surface area contributed by atoms with Crippen molar-refractivity contribution in [3.8, 4) is 6.07 Å². The van der Waals surface area contributed by atoms with Crippen LogP contribution in [0.1, 0.15) is 28.1 Å². The number of sulfone groups is 1. The van der Waals surface area contributed by atoms with Crippen molar-refractivity contribution in [2.24, 2.45) is 0 Å². The Morgan fingerprint density at radius 2 is 2.04 bits per heavy atom. The van der Waals surface area contributed by atoms with Crippen LogP contribution in [-0.2, 0) is 25.9 Å². The summed E-state index contributed by atoms with van der Waals surface area (Å²) in [5.41, 5.74) is 0.604. The van der Waals surface area contributed by atoms with Gasteiger partial charge in [0.2, 0.25) is 0 Å². The van der Waals surface area contributed by atoms with Gasteiger partial charge in [-0.1, -0.05) is 6.07 Å². The molecular formula is C19H20N2O6S. The Labute approximate surface area is 163 Å². The first-order valence-electron chi connectivity index (χ1n) is 8.37. The van der Waals surface area contributed by atoms with Crippen molar-refractivity contribution in [2.45, 2.75) is 24.8 Å². The molecule has 0 fully saturated rings. The van der Waals surface area contributed by atoms with Gasteiger partial charge in [-0.05, 0) is 36.8 Å². The molecule has 0 aliphatic rings. The third-order valence-corrected chi connectivity index (χ3v) is 5.07. The van der Waals surface area contributed by atoms with E-state index in [2.05, 4.69) is 0 Å². The minimum absolute atomic E-state index is 0.00941. The fraction of sp³-hybridized carbons (Fsp3) is 0.316. The summed E-state index contributed by atoms with van der Waals surface area (Å²) in [4.78, 5) is 26.1. The number of ether oxygens (including phenoxy) is 1. The quantitative estimate of drug-likeness (QED) is 0.618. The number of rotatable bonds is 8. The first-order valence-corrected chi connectivity index (χ1v) is 10.3. The minimum atomic E-state index is -3.48. The lowest BCUT2D eigenvalue weighted by atomic mass is 10.1. The van der Waals surface area contributed by atoms with Gasteiger partial charge in [0, 0.05) is 12.8 Å². The van der Waals surface area contributed by atoms with Gasteiger partial charge in [0.05, 0.1) is 35.8 Å². The van der Waals surface area contributed by atoms with Gasteiger partial charge in [-0.25, -0.2) is 13.2 Å². The van der Waals surface area contributed by atoms with Crippen molar-refractivity contribution < 1.29 is 27.2 Å². The summed E-state index contributed by atoms with van der Waals surface area (Å²) in [5.74, 6) is -0.749. The van der Waals surface area contributed by atoms with Crippen LogP contribution in [0.25, 0.3) is 0 Å². The highest BCUT2D eigenvalue weighted by Crippen LogP contribution is 2.17. The standard InChI is InChI=1S/C19H20N2O6S/c1-14-6-7-16(28(2,24)25)11-17(14)19(23)27-13-18(22)21(9-4-8-20)12-15-5-3-10-26-15/h3,5-7,10-11H,4,9,12-13H2,1-2H3. The van der Waals surface area contributed by atoms with E-state index >= 15 is 0 Å². The van der Waals surface area contributed by atoms with Crippen LogP contribution in [0, 0.1) is 18.3 Å². The van der Waals surface area contributed by atoms with Crippen molar-refractivity contribution >= 4 is 21.7 Å². The molecule has 0 bridgehead atoms. The summed E-state index contributed by atoms with van der Waals surface area (Å²) < 4.78 is 33.6. The number of aryl methyl sites for hydroxylation is 1. The molecule has 8 nitrogen and oxygen atoms in total. The third kappa shape index (κ3) is 5.69. The summed E-state index contributed by atoms with van der Waals surface area (Å²) in [6.45, 7) is 1.41. The van der Waals surface area contributed by atoms with E-state index in [0.29, 0.717) is 11.3 Å². The lowest BCUT2D eigenvalue weighted by Crippen LogP contribution is -2.35. The predicted molar refractivity (Wildman–Crippen MR) is 98.9 cm³/mol. The van der Waals surface area contributed by atoms with E-state index in [4.69, 9.17) is 14.4 Å². The average molecular weight is 404 g/mol. The molecule has 28 heavy (non-hydrogen) atoms. The van der Waals surface area contributed by atoms with Crippen molar-refractivity contribution in [1.82, 2.24) is 4.90 Å². The Morgan fingerprint density at radius 3 is 2.64 bits per heavy atom. The molecule has 148 valence electrons. The number of carbonyl (C=O) groups excluding carboxylic acids is 2. The number of hydrogen-bond donors (Lipinski definition) is 0. The smallest absolute Gasteiger partial charge is 0.338 e. The van der Waals surface area contributed by atoms with E-state index in [1.807, 2.05) is 6.07 Å². The summed E-state index contributed by atoms with van der Waals surface area (Å²) in [5, 5.41) is 8.77. The van der Waals surface area contributed by atoms with Crippen LogP contribution in [0.5, 0.6) is 0 Å². The Kier molecular flexibility index (Phi) is 6.95. The Balaban J connectivity index is 2.07. The first kappa shape index (κ1) is 21.2. The van der Waals surface area contributed by atoms with Crippen LogP contribution < -0.4 is 0 Å². The molecular weight excluding hydrogens is 384 g/mol. The highest BCUT2D eigenvalue weighted by molar-refractivity contribution is 7.90. The molecule has 0 unspecified atom stereocenters. The summed E-state index contributed by atoms with van der Waals surface area (Å²) >= 11 is 0. The lowest BCUT2D eigenvalue weighted by molar-refractivity contribution is -0.135. The van der Waals surface area contributed by atoms with E-state index in [-0.39, 0.29) is 30.0 Å². The molecule has 2 aromatic rings. The zero-order valence-electron chi connectivity index (χ0n) is 15.5. The third-order valence-electron chi connectivity index (χ3n) is 3.96. The fourth-order valence-corrected chi connectivity index (χ4v) is 3.06. The highest BCUT2D eigenvalue weighted by Gasteiger charge is 2.20. The van der Waals surface area contributed by atoms with Crippen molar-refractivity contribution in [3.63, 3.8) is 0 Å². The van der Waals surface area contributed by atoms with Crippen LogP contribution in [0.15, 0.2) is 45.9 Å². The molecule has 1 amide bonds. The number of nitrogens with zero attached hydrogens (tertiary/aromatic N) is 2. The average Bonchev–Trinajstić information content (AvgIpc) is 3.15.